The van der Waals surface area contributed by atoms with E-state index in [9.17, 15) is 4.79 Å². The summed E-state index contributed by atoms with van der Waals surface area (Å²) in [5, 5.41) is 7.62. The second-order valence-corrected chi connectivity index (χ2v) is 6.13. The van der Waals surface area contributed by atoms with Gasteiger partial charge in [-0.3, -0.25) is 0 Å². The number of nitrogens with zero attached hydrogens (tertiary/aromatic N) is 4. The summed E-state index contributed by atoms with van der Waals surface area (Å²) in [6, 6.07) is 9.62. The largest absolute Gasteiger partial charge is 0.497 e. The van der Waals surface area contributed by atoms with Gasteiger partial charge in [-0.05, 0) is 43.7 Å². The summed E-state index contributed by atoms with van der Waals surface area (Å²) in [7, 11) is 1.64. The minimum Gasteiger partial charge on any atom is -0.497 e. The van der Waals surface area contributed by atoms with Gasteiger partial charge in [0.05, 0.1) is 25.6 Å². The molecule has 0 aliphatic rings. The van der Waals surface area contributed by atoms with Crippen LogP contribution in [0.15, 0.2) is 48.8 Å². The van der Waals surface area contributed by atoms with Crippen LogP contribution in [0, 0.1) is 6.92 Å². The summed E-state index contributed by atoms with van der Waals surface area (Å²) in [4.78, 5) is 20.3. The van der Waals surface area contributed by atoms with Gasteiger partial charge in [0.2, 0.25) is 0 Å². The number of methoxy groups -OCH3 is 1. The van der Waals surface area contributed by atoms with Gasteiger partial charge in [-0.2, -0.15) is 10.1 Å². The Morgan fingerprint density at radius 3 is 2.76 bits per heavy atom. The minimum absolute atomic E-state index is 0.339. The fourth-order valence-electron chi connectivity index (χ4n) is 2.62. The van der Waals surface area contributed by atoms with Crippen LogP contribution in [-0.4, -0.2) is 39.4 Å². The molecule has 8 heteroatoms. The van der Waals surface area contributed by atoms with Crippen LogP contribution < -0.4 is 10.1 Å². The fraction of sp³-hybridized carbons (Fsp3) is 0.238. The summed E-state index contributed by atoms with van der Waals surface area (Å²) in [5.41, 5.74) is 2.71. The maximum Gasteiger partial charge on any atom is 0.330 e. The number of carbonyl (C=O) groups excluding carboxylic acids is 1. The van der Waals surface area contributed by atoms with Crippen molar-refractivity contribution in [2.75, 3.05) is 19.0 Å². The fourth-order valence-corrected chi connectivity index (χ4v) is 2.62. The van der Waals surface area contributed by atoms with Gasteiger partial charge in [-0.1, -0.05) is 12.1 Å². The number of benzene rings is 1. The maximum absolute atomic E-state index is 11.5. The van der Waals surface area contributed by atoms with Crippen LogP contribution in [-0.2, 0) is 16.1 Å². The zero-order valence-electron chi connectivity index (χ0n) is 16.6. The average molecular weight is 393 g/mol. The van der Waals surface area contributed by atoms with Crippen molar-refractivity contribution in [3.05, 3.63) is 65.6 Å². The van der Waals surface area contributed by atoms with Crippen molar-refractivity contribution in [1.29, 1.82) is 0 Å². The molecule has 0 fully saturated rings. The van der Waals surface area contributed by atoms with E-state index in [1.54, 1.807) is 43.3 Å². The highest BCUT2D eigenvalue weighted by atomic mass is 16.5. The van der Waals surface area contributed by atoms with E-state index in [0.717, 1.165) is 22.6 Å². The quantitative estimate of drug-likeness (QED) is 0.464. The van der Waals surface area contributed by atoms with Crippen molar-refractivity contribution in [2.24, 2.45) is 0 Å². The Balaban J connectivity index is 1.71. The lowest BCUT2D eigenvalue weighted by molar-refractivity contribution is -0.137. The van der Waals surface area contributed by atoms with Gasteiger partial charge in [0.25, 0.3) is 5.95 Å². The molecule has 0 atom stereocenters. The molecule has 0 radical (unpaired) electrons. The highest BCUT2D eigenvalue weighted by Crippen LogP contribution is 2.15. The van der Waals surface area contributed by atoms with Crippen LogP contribution in [0.3, 0.4) is 0 Å². The molecule has 2 heterocycles. The van der Waals surface area contributed by atoms with Crippen molar-refractivity contribution in [3.8, 4) is 11.7 Å². The third-order valence-corrected chi connectivity index (χ3v) is 4.20. The molecule has 8 nitrogen and oxygen atoms in total. The standard InChI is InChI=1S/C21H23N5O3/c1-4-29-20(27)10-7-17-14-24-26(15(17)2)21-22-12-11-19(25-21)23-13-16-5-8-18(28-3)9-6-16/h5-12,14H,4,13H2,1-3H3,(H,22,23,25)/b10-7+. The number of carbonyl (C=O) groups is 1. The Morgan fingerprint density at radius 1 is 1.24 bits per heavy atom. The van der Waals surface area contributed by atoms with Gasteiger partial charge in [0.15, 0.2) is 0 Å². The van der Waals surface area contributed by atoms with Gasteiger partial charge in [0, 0.05) is 24.4 Å². The molecule has 0 spiro atoms. The summed E-state index contributed by atoms with van der Waals surface area (Å²) in [6.07, 6.45) is 6.38. The number of hydrogen-bond donors (Lipinski definition) is 1. The van der Waals surface area contributed by atoms with E-state index in [1.165, 1.54) is 6.08 Å². The van der Waals surface area contributed by atoms with Gasteiger partial charge < -0.3 is 14.8 Å². The lowest BCUT2D eigenvalue weighted by atomic mass is 10.2. The third-order valence-electron chi connectivity index (χ3n) is 4.20. The van der Waals surface area contributed by atoms with Gasteiger partial charge >= 0.3 is 5.97 Å². The number of aromatic nitrogens is 4. The molecule has 0 unspecified atom stereocenters. The van der Waals surface area contributed by atoms with E-state index in [1.807, 2.05) is 31.2 Å². The topological polar surface area (TPSA) is 91.2 Å². The zero-order valence-corrected chi connectivity index (χ0v) is 16.6. The number of anilines is 1. The molecule has 1 N–H and O–H groups in total. The first-order valence-corrected chi connectivity index (χ1v) is 9.20. The molecule has 0 amide bonds. The monoisotopic (exact) mass is 393 g/mol. The van der Waals surface area contributed by atoms with Crippen molar-refractivity contribution >= 4 is 17.9 Å². The lowest BCUT2D eigenvalue weighted by Crippen LogP contribution is -2.08. The Bertz CT molecular complexity index is 996. The Labute approximate surface area is 169 Å². The summed E-state index contributed by atoms with van der Waals surface area (Å²) >= 11 is 0. The molecule has 2 aromatic heterocycles. The van der Waals surface area contributed by atoms with Crippen LogP contribution in [0.5, 0.6) is 5.75 Å². The SMILES string of the molecule is CCOC(=O)/C=C/c1cnn(-c2nccc(NCc3ccc(OC)cc3)n2)c1C. The zero-order chi connectivity index (χ0) is 20.6. The van der Waals surface area contributed by atoms with Crippen molar-refractivity contribution in [3.63, 3.8) is 0 Å². The van der Waals surface area contributed by atoms with E-state index in [-0.39, 0.29) is 5.97 Å². The van der Waals surface area contributed by atoms with Crippen molar-refractivity contribution in [2.45, 2.75) is 20.4 Å². The summed E-state index contributed by atoms with van der Waals surface area (Å²) in [6.45, 7) is 4.61. The van der Waals surface area contributed by atoms with Crippen molar-refractivity contribution in [1.82, 2.24) is 19.7 Å². The third kappa shape index (κ3) is 5.19. The van der Waals surface area contributed by atoms with E-state index >= 15 is 0 Å². The highest BCUT2D eigenvalue weighted by Gasteiger charge is 2.10. The number of hydrogen-bond acceptors (Lipinski definition) is 7. The first-order valence-electron chi connectivity index (χ1n) is 9.20. The molecule has 3 rings (SSSR count). The molecule has 3 aromatic rings. The molecule has 29 heavy (non-hydrogen) atoms. The first-order chi connectivity index (χ1) is 14.1. The molecule has 0 saturated carbocycles. The minimum atomic E-state index is -0.388. The Hall–Kier alpha value is -3.68. The van der Waals surface area contributed by atoms with E-state index in [0.29, 0.717) is 24.9 Å². The molecule has 1 aromatic carbocycles. The Morgan fingerprint density at radius 2 is 2.03 bits per heavy atom. The van der Waals surface area contributed by atoms with Gasteiger partial charge in [-0.25, -0.2) is 14.5 Å². The first kappa shape index (κ1) is 20.1. The molecule has 0 aliphatic heterocycles. The molecule has 150 valence electrons. The van der Waals surface area contributed by atoms with Crippen LogP contribution in [0.25, 0.3) is 12.0 Å². The second-order valence-electron chi connectivity index (χ2n) is 6.13. The van der Waals surface area contributed by atoms with E-state index in [4.69, 9.17) is 9.47 Å². The summed E-state index contributed by atoms with van der Waals surface area (Å²) in [5.74, 6) is 1.56. The van der Waals surface area contributed by atoms with Crippen LogP contribution in [0.4, 0.5) is 5.82 Å². The second kappa shape index (κ2) is 9.50. The number of esters is 1. The van der Waals surface area contributed by atoms with Crippen LogP contribution in [0.1, 0.15) is 23.7 Å². The Kier molecular flexibility index (Phi) is 6.57. The molecule has 0 bridgehead atoms. The average Bonchev–Trinajstić information content (AvgIpc) is 3.12. The molecular formula is C21H23N5O3. The van der Waals surface area contributed by atoms with Crippen molar-refractivity contribution < 1.29 is 14.3 Å². The normalized spacial score (nSPS) is 10.9. The number of ether oxygens (including phenoxy) is 2. The summed E-state index contributed by atoms with van der Waals surface area (Å²) < 4.78 is 11.7. The van der Waals surface area contributed by atoms with Crippen LogP contribution >= 0.6 is 0 Å². The van der Waals surface area contributed by atoms with Crippen LogP contribution in [0.2, 0.25) is 0 Å². The van der Waals surface area contributed by atoms with Gasteiger partial charge in [0.1, 0.15) is 11.6 Å². The smallest absolute Gasteiger partial charge is 0.330 e. The number of nitrogens with one attached hydrogen (secondary N) is 1. The lowest BCUT2D eigenvalue weighted by Gasteiger charge is -2.08. The van der Waals surface area contributed by atoms with E-state index < -0.39 is 0 Å². The number of rotatable bonds is 8. The molecule has 0 saturated heterocycles. The maximum atomic E-state index is 11.5. The molecule has 0 aliphatic carbocycles. The van der Waals surface area contributed by atoms with E-state index in [2.05, 4.69) is 20.4 Å². The molecular weight excluding hydrogens is 370 g/mol. The van der Waals surface area contributed by atoms with Gasteiger partial charge in [-0.15, -0.1) is 0 Å². The highest BCUT2D eigenvalue weighted by molar-refractivity contribution is 5.87. The predicted octanol–water partition coefficient (Wildman–Crippen LogP) is 3.17. The predicted molar refractivity (Wildman–Crippen MR) is 110 cm³/mol.